The van der Waals surface area contributed by atoms with Crippen LogP contribution in [0.4, 0.5) is 0 Å². The summed E-state index contributed by atoms with van der Waals surface area (Å²) in [6, 6.07) is 25.3. The maximum absolute atomic E-state index is 12.9. The van der Waals surface area contributed by atoms with Gasteiger partial charge in [0.25, 0.3) is 0 Å². The molecule has 4 heteroatoms. The summed E-state index contributed by atoms with van der Waals surface area (Å²) in [5, 5.41) is 0. The molecule has 0 spiro atoms. The Morgan fingerprint density at radius 1 is 0.811 bits per heavy atom. The Morgan fingerprint density at radius 3 is 2.11 bits per heavy atom. The van der Waals surface area contributed by atoms with Crippen molar-refractivity contribution in [2.24, 2.45) is 0 Å². The van der Waals surface area contributed by atoms with E-state index in [4.69, 9.17) is 9.47 Å². The highest BCUT2D eigenvalue weighted by Gasteiger charge is 2.39. The van der Waals surface area contributed by atoms with Crippen LogP contribution < -0.4 is 9.47 Å². The van der Waals surface area contributed by atoms with E-state index in [1.165, 1.54) is 36.8 Å². The molecule has 0 amide bonds. The van der Waals surface area contributed by atoms with E-state index in [-0.39, 0.29) is 6.04 Å². The zero-order chi connectivity index (χ0) is 25.5. The molecule has 37 heavy (non-hydrogen) atoms. The van der Waals surface area contributed by atoms with E-state index in [9.17, 15) is 4.79 Å². The zero-order valence-electron chi connectivity index (χ0n) is 22.0. The number of carbonyl (C=O) groups excluding carboxylic acids is 1. The summed E-state index contributed by atoms with van der Waals surface area (Å²) < 4.78 is 12.7. The lowest BCUT2D eigenvalue weighted by atomic mass is 9.82. The van der Waals surface area contributed by atoms with Crippen LogP contribution in [0.5, 0.6) is 11.5 Å². The van der Waals surface area contributed by atoms with E-state index in [0.29, 0.717) is 37.9 Å². The normalized spacial score (nSPS) is 19.2. The van der Waals surface area contributed by atoms with Crippen LogP contribution in [0.1, 0.15) is 80.2 Å². The monoisotopic (exact) mass is 497 g/mol. The Kier molecular flexibility index (Phi) is 8.57. The third-order valence-corrected chi connectivity index (χ3v) is 7.82. The first kappa shape index (κ1) is 25.5. The minimum absolute atomic E-state index is 0.142. The van der Waals surface area contributed by atoms with Crippen LogP contribution in [-0.2, 0) is 24.4 Å². The number of rotatable bonds is 11. The Bertz CT molecular complexity index is 1160. The fraction of sp³-hybridized carbons (Fsp3) is 0.424. The second-order valence-electron chi connectivity index (χ2n) is 10.5. The van der Waals surface area contributed by atoms with Crippen molar-refractivity contribution in [2.75, 3.05) is 6.54 Å². The number of nitrogens with zero attached hydrogens (tertiary/aromatic N) is 1. The molecule has 4 nitrogen and oxygen atoms in total. The fourth-order valence-electron chi connectivity index (χ4n) is 5.84. The van der Waals surface area contributed by atoms with Crippen LogP contribution in [0.3, 0.4) is 0 Å². The molecule has 5 rings (SSSR count). The predicted octanol–water partition coefficient (Wildman–Crippen LogP) is 7.45. The number of benzene rings is 3. The molecule has 3 aromatic rings. The van der Waals surface area contributed by atoms with Gasteiger partial charge in [-0.3, -0.25) is 9.69 Å². The topological polar surface area (TPSA) is 38.8 Å². The second-order valence-corrected chi connectivity index (χ2v) is 10.5. The van der Waals surface area contributed by atoms with Crippen molar-refractivity contribution in [2.45, 2.75) is 83.6 Å². The molecule has 0 bridgehead atoms. The molecule has 1 fully saturated rings. The van der Waals surface area contributed by atoms with E-state index in [1.807, 2.05) is 36.4 Å². The van der Waals surface area contributed by atoms with Gasteiger partial charge in [-0.1, -0.05) is 93.3 Å². The summed E-state index contributed by atoms with van der Waals surface area (Å²) in [5.74, 6) is 1.94. The van der Waals surface area contributed by atoms with Crippen molar-refractivity contribution in [1.82, 2.24) is 4.90 Å². The molecule has 0 unspecified atom stereocenters. The van der Waals surface area contributed by atoms with Crippen molar-refractivity contribution in [3.05, 3.63) is 95.1 Å². The predicted molar refractivity (Wildman–Crippen MR) is 148 cm³/mol. The highest BCUT2D eigenvalue weighted by Crippen LogP contribution is 2.44. The van der Waals surface area contributed by atoms with Crippen LogP contribution in [0.2, 0.25) is 0 Å². The van der Waals surface area contributed by atoms with E-state index >= 15 is 0 Å². The summed E-state index contributed by atoms with van der Waals surface area (Å²) in [6.07, 6.45) is 8.38. The summed E-state index contributed by atoms with van der Waals surface area (Å²) >= 11 is 0. The molecular weight excluding hydrogens is 458 g/mol. The van der Waals surface area contributed by atoms with Crippen molar-refractivity contribution < 1.29 is 14.3 Å². The number of ketones is 1. The Balaban J connectivity index is 1.39. The third-order valence-electron chi connectivity index (χ3n) is 7.82. The van der Waals surface area contributed by atoms with Crippen LogP contribution in [0.25, 0.3) is 0 Å². The highest BCUT2D eigenvalue weighted by molar-refractivity contribution is 5.81. The summed E-state index contributed by atoms with van der Waals surface area (Å²) in [7, 11) is 0. The first-order valence-corrected chi connectivity index (χ1v) is 14.0. The number of hydrogen-bond acceptors (Lipinski definition) is 4. The molecule has 2 aliphatic heterocycles. The molecule has 0 aromatic heterocycles. The molecule has 2 aliphatic rings. The van der Waals surface area contributed by atoms with Crippen LogP contribution in [0, 0.1) is 0 Å². The molecule has 0 N–H and O–H groups in total. The molecular formula is C33H39NO3. The minimum atomic E-state index is 0.142. The summed E-state index contributed by atoms with van der Waals surface area (Å²) in [4.78, 5) is 15.5. The number of Topliss-reactive ketones (excluding diaryl/α,β-unsaturated/α-hetero) is 1. The standard InChI is InChI=1S/C33H39NO3/c1-2-3-4-11-16-28-20-29(35)21-31-30-22-33(37-24-26-14-9-6-10-15-26)32(19-27(30)17-18-34(28)31)36-23-25-12-7-5-8-13-25/h5-10,12-15,19,22,28,31H,2-4,11,16-18,20-21,23-24H2,1H3/t28-,31+/m1/s1. The number of piperidine rings is 1. The van der Waals surface area contributed by atoms with Crippen LogP contribution in [0.15, 0.2) is 72.8 Å². The molecule has 2 heterocycles. The SMILES string of the molecule is CCCCCC[C@@H]1CC(=O)C[C@H]2c3cc(OCc4ccccc4)c(OCc4ccccc4)cc3CCN12. The van der Waals surface area contributed by atoms with Gasteiger partial charge < -0.3 is 9.47 Å². The number of carbonyl (C=O) groups is 1. The minimum Gasteiger partial charge on any atom is -0.485 e. The molecule has 0 aliphatic carbocycles. The lowest BCUT2D eigenvalue weighted by Gasteiger charge is -2.45. The first-order valence-electron chi connectivity index (χ1n) is 14.0. The maximum Gasteiger partial charge on any atom is 0.162 e. The van der Waals surface area contributed by atoms with Crippen LogP contribution >= 0.6 is 0 Å². The second kappa shape index (κ2) is 12.4. The smallest absolute Gasteiger partial charge is 0.162 e. The van der Waals surface area contributed by atoms with Crippen molar-refractivity contribution in [3.8, 4) is 11.5 Å². The van der Waals surface area contributed by atoms with E-state index in [0.717, 1.165) is 42.0 Å². The van der Waals surface area contributed by atoms with Crippen molar-refractivity contribution in [1.29, 1.82) is 0 Å². The first-order chi connectivity index (χ1) is 18.2. The third kappa shape index (κ3) is 6.42. The number of ether oxygens (including phenoxy) is 2. The molecule has 194 valence electrons. The molecule has 3 aromatic carbocycles. The Labute approximate surface area is 221 Å². The fourth-order valence-corrected chi connectivity index (χ4v) is 5.84. The van der Waals surface area contributed by atoms with E-state index < -0.39 is 0 Å². The molecule has 0 saturated carbocycles. The van der Waals surface area contributed by atoms with E-state index in [1.54, 1.807) is 0 Å². The van der Waals surface area contributed by atoms with Gasteiger partial charge in [0.2, 0.25) is 0 Å². The van der Waals surface area contributed by atoms with Gasteiger partial charge in [0.05, 0.1) is 0 Å². The van der Waals surface area contributed by atoms with Gasteiger partial charge in [-0.05, 0) is 47.2 Å². The lowest BCUT2D eigenvalue weighted by Crippen LogP contribution is -2.48. The lowest BCUT2D eigenvalue weighted by molar-refractivity contribution is -0.126. The molecule has 1 saturated heterocycles. The molecule has 2 atom stereocenters. The number of unbranched alkanes of at least 4 members (excludes halogenated alkanes) is 3. The summed E-state index contributed by atoms with van der Waals surface area (Å²) in [6.45, 7) is 4.23. The van der Waals surface area contributed by atoms with Gasteiger partial charge in [0, 0.05) is 31.5 Å². The number of fused-ring (bicyclic) bond motifs is 3. The van der Waals surface area contributed by atoms with Crippen molar-refractivity contribution in [3.63, 3.8) is 0 Å². The maximum atomic E-state index is 12.9. The van der Waals surface area contributed by atoms with Gasteiger partial charge in [-0.25, -0.2) is 0 Å². The zero-order valence-corrected chi connectivity index (χ0v) is 22.0. The van der Waals surface area contributed by atoms with Crippen LogP contribution in [-0.4, -0.2) is 23.3 Å². The quantitative estimate of drug-likeness (QED) is 0.258. The van der Waals surface area contributed by atoms with Gasteiger partial charge >= 0.3 is 0 Å². The Morgan fingerprint density at radius 2 is 1.46 bits per heavy atom. The van der Waals surface area contributed by atoms with Crippen molar-refractivity contribution >= 4 is 5.78 Å². The Hall–Kier alpha value is -3.11. The number of hydrogen-bond donors (Lipinski definition) is 0. The van der Waals surface area contributed by atoms with E-state index in [2.05, 4.69) is 48.2 Å². The van der Waals surface area contributed by atoms with Gasteiger partial charge in [-0.15, -0.1) is 0 Å². The van der Waals surface area contributed by atoms with Gasteiger partial charge in [0.15, 0.2) is 11.5 Å². The largest absolute Gasteiger partial charge is 0.485 e. The average molecular weight is 498 g/mol. The van der Waals surface area contributed by atoms with Gasteiger partial charge in [0.1, 0.15) is 19.0 Å². The molecule has 0 radical (unpaired) electrons. The van der Waals surface area contributed by atoms with Gasteiger partial charge in [-0.2, -0.15) is 0 Å². The highest BCUT2D eigenvalue weighted by atomic mass is 16.5. The average Bonchev–Trinajstić information content (AvgIpc) is 2.93. The summed E-state index contributed by atoms with van der Waals surface area (Å²) in [5.41, 5.74) is 4.78.